The third-order valence-corrected chi connectivity index (χ3v) is 8.85. The van der Waals surface area contributed by atoms with Crippen molar-refractivity contribution in [3.05, 3.63) is 29.3 Å². The molecule has 0 spiro atoms. The van der Waals surface area contributed by atoms with Gasteiger partial charge in [-0.05, 0) is 67.8 Å². The SMILES string of the molecule is CCOC(=O)C1(C(=O)CC(C)C)C[C@]2(C)C3Cc4ccc(OC)cc4[C@]2(C)CC1N3C. The summed E-state index contributed by atoms with van der Waals surface area (Å²) in [6, 6.07) is 6.54. The summed E-state index contributed by atoms with van der Waals surface area (Å²) in [4.78, 5) is 29.6. The van der Waals surface area contributed by atoms with Crippen LogP contribution in [0.2, 0.25) is 0 Å². The lowest BCUT2D eigenvalue weighted by Gasteiger charge is -2.71. The van der Waals surface area contributed by atoms with Gasteiger partial charge < -0.3 is 9.47 Å². The van der Waals surface area contributed by atoms with E-state index in [0.717, 1.165) is 18.6 Å². The van der Waals surface area contributed by atoms with Gasteiger partial charge in [-0.2, -0.15) is 0 Å². The standard InChI is InChI=1S/C26H37NO4/c1-8-31-23(29)26(22(28)11-16(2)3)15-25(5)20-12-17-9-10-18(30-7)13-19(17)24(25,4)14-21(26)27(20)6/h9-10,13,16,20-21H,8,11-12,14-15H2,1-7H3/t20?,21?,24-,25+,26?/m0/s1. The average Bonchev–Trinajstić information content (AvgIpc) is 2.71. The minimum Gasteiger partial charge on any atom is -0.497 e. The van der Waals surface area contributed by atoms with E-state index in [4.69, 9.17) is 9.47 Å². The van der Waals surface area contributed by atoms with Gasteiger partial charge in [0.05, 0.1) is 13.7 Å². The Morgan fingerprint density at radius 2 is 1.94 bits per heavy atom. The van der Waals surface area contributed by atoms with Crippen LogP contribution < -0.4 is 4.74 Å². The van der Waals surface area contributed by atoms with E-state index in [-0.39, 0.29) is 40.6 Å². The first-order valence-electron chi connectivity index (χ1n) is 11.6. The first kappa shape index (κ1) is 22.3. The van der Waals surface area contributed by atoms with Crippen molar-refractivity contribution in [3.63, 3.8) is 0 Å². The van der Waals surface area contributed by atoms with Crippen molar-refractivity contribution in [3.8, 4) is 5.75 Å². The number of rotatable bonds is 6. The maximum atomic E-state index is 13.7. The molecule has 2 heterocycles. The second-order valence-electron chi connectivity index (χ2n) is 10.8. The molecule has 2 saturated heterocycles. The molecule has 0 aromatic heterocycles. The van der Waals surface area contributed by atoms with Crippen molar-refractivity contribution in [2.45, 2.75) is 77.8 Å². The molecule has 5 nitrogen and oxygen atoms in total. The van der Waals surface area contributed by atoms with Crippen LogP contribution in [0.5, 0.6) is 5.75 Å². The van der Waals surface area contributed by atoms with E-state index in [9.17, 15) is 9.59 Å². The van der Waals surface area contributed by atoms with E-state index in [1.807, 2.05) is 26.8 Å². The van der Waals surface area contributed by atoms with Crippen molar-refractivity contribution in [1.29, 1.82) is 0 Å². The lowest BCUT2D eigenvalue weighted by molar-refractivity contribution is -0.208. The molecule has 5 rings (SSSR count). The van der Waals surface area contributed by atoms with Crippen LogP contribution in [0.25, 0.3) is 0 Å². The van der Waals surface area contributed by atoms with Crippen molar-refractivity contribution in [1.82, 2.24) is 4.90 Å². The lowest BCUT2D eigenvalue weighted by atomic mass is 9.39. The predicted octanol–water partition coefficient (Wildman–Crippen LogP) is 4.16. The first-order valence-corrected chi connectivity index (χ1v) is 11.6. The number of ether oxygens (including phenoxy) is 2. The van der Waals surface area contributed by atoms with Gasteiger partial charge >= 0.3 is 5.97 Å². The molecule has 0 amide bonds. The van der Waals surface area contributed by atoms with Crippen molar-refractivity contribution < 1.29 is 19.1 Å². The molecule has 5 heteroatoms. The summed E-state index contributed by atoms with van der Waals surface area (Å²) in [5, 5.41) is 0. The molecule has 3 fully saturated rings. The Morgan fingerprint density at radius 3 is 2.55 bits per heavy atom. The molecule has 2 aliphatic carbocycles. The zero-order valence-electron chi connectivity index (χ0n) is 20.1. The van der Waals surface area contributed by atoms with E-state index >= 15 is 0 Å². The van der Waals surface area contributed by atoms with Gasteiger partial charge in [-0.3, -0.25) is 14.5 Å². The van der Waals surface area contributed by atoms with Gasteiger partial charge in [-0.1, -0.05) is 33.8 Å². The maximum Gasteiger partial charge on any atom is 0.321 e. The van der Waals surface area contributed by atoms with Crippen LogP contribution in [0.4, 0.5) is 0 Å². The van der Waals surface area contributed by atoms with Crippen molar-refractivity contribution in [2.24, 2.45) is 16.7 Å². The molecule has 0 N–H and O–H groups in total. The fraction of sp³-hybridized carbons (Fsp3) is 0.692. The zero-order chi connectivity index (χ0) is 22.8. The molecule has 31 heavy (non-hydrogen) atoms. The normalized spacial score (nSPS) is 36.3. The lowest BCUT2D eigenvalue weighted by Crippen LogP contribution is -2.78. The summed E-state index contributed by atoms with van der Waals surface area (Å²) in [5.41, 5.74) is 1.22. The third kappa shape index (κ3) is 2.84. The molecule has 4 aliphatic rings. The number of hydrogen-bond donors (Lipinski definition) is 0. The highest BCUT2D eigenvalue weighted by molar-refractivity contribution is 6.05. The quantitative estimate of drug-likeness (QED) is 0.504. The van der Waals surface area contributed by atoms with Crippen LogP contribution in [0.1, 0.15) is 65.0 Å². The van der Waals surface area contributed by atoms with E-state index in [1.165, 1.54) is 11.1 Å². The number of Topliss-reactive ketones (excluding diaryl/α,β-unsaturated/α-hetero) is 1. The van der Waals surface area contributed by atoms with Crippen LogP contribution in [0, 0.1) is 16.7 Å². The second-order valence-corrected chi connectivity index (χ2v) is 10.8. The maximum absolute atomic E-state index is 13.7. The average molecular weight is 428 g/mol. The van der Waals surface area contributed by atoms with Crippen molar-refractivity contribution in [2.75, 3.05) is 20.8 Å². The summed E-state index contributed by atoms with van der Waals surface area (Å²) < 4.78 is 11.1. The van der Waals surface area contributed by atoms with Gasteiger partial charge in [0.2, 0.25) is 0 Å². The molecular formula is C26H37NO4. The Bertz CT molecular complexity index is 911. The third-order valence-electron chi connectivity index (χ3n) is 8.85. The molecular weight excluding hydrogens is 390 g/mol. The highest BCUT2D eigenvalue weighted by atomic mass is 16.5. The van der Waals surface area contributed by atoms with Gasteiger partial charge in [0.15, 0.2) is 5.78 Å². The van der Waals surface area contributed by atoms with Crippen LogP contribution >= 0.6 is 0 Å². The number of carbonyl (C=O) groups is 2. The van der Waals surface area contributed by atoms with Crippen LogP contribution in [-0.4, -0.2) is 49.5 Å². The molecule has 4 bridgehead atoms. The topological polar surface area (TPSA) is 55.8 Å². The number of nitrogens with zero attached hydrogens (tertiary/aromatic N) is 1. The Kier molecular flexibility index (Phi) is 5.28. The molecule has 1 aromatic carbocycles. The number of fused-ring (bicyclic) bond motifs is 2. The number of likely N-dealkylation sites (N-methyl/N-ethyl adjacent to an activating group) is 1. The highest BCUT2D eigenvalue weighted by Crippen LogP contribution is 2.68. The van der Waals surface area contributed by atoms with E-state index in [1.54, 1.807) is 7.11 Å². The van der Waals surface area contributed by atoms with Crippen LogP contribution in [0.15, 0.2) is 18.2 Å². The number of methoxy groups -OCH3 is 1. The molecule has 1 aromatic rings. The predicted molar refractivity (Wildman–Crippen MR) is 120 cm³/mol. The summed E-state index contributed by atoms with van der Waals surface area (Å²) in [6.07, 6.45) is 2.65. The first-order chi connectivity index (χ1) is 14.5. The Labute approximate surface area is 186 Å². The van der Waals surface area contributed by atoms with Crippen LogP contribution in [-0.2, 0) is 26.2 Å². The molecule has 2 aliphatic heterocycles. The minimum absolute atomic E-state index is 0.0518. The van der Waals surface area contributed by atoms with Crippen LogP contribution in [0.3, 0.4) is 0 Å². The summed E-state index contributed by atoms with van der Waals surface area (Å²) in [7, 11) is 3.81. The fourth-order valence-corrected chi connectivity index (χ4v) is 7.12. The smallest absolute Gasteiger partial charge is 0.321 e. The summed E-state index contributed by atoms with van der Waals surface area (Å²) in [6.45, 7) is 10.8. The van der Waals surface area contributed by atoms with Gasteiger partial charge in [-0.15, -0.1) is 0 Å². The Morgan fingerprint density at radius 1 is 1.23 bits per heavy atom. The van der Waals surface area contributed by atoms with Gasteiger partial charge in [0.1, 0.15) is 11.2 Å². The van der Waals surface area contributed by atoms with E-state index < -0.39 is 5.41 Å². The summed E-state index contributed by atoms with van der Waals surface area (Å²) >= 11 is 0. The number of hydrogen-bond acceptors (Lipinski definition) is 5. The number of carbonyl (C=O) groups excluding carboxylic acids is 2. The number of piperidine rings is 2. The van der Waals surface area contributed by atoms with Gasteiger partial charge in [0, 0.05) is 23.9 Å². The molecule has 170 valence electrons. The molecule has 1 saturated carbocycles. The number of benzene rings is 1. The highest BCUT2D eigenvalue weighted by Gasteiger charge is 2.73. The van der Waals surface area contributed by atoms with Crippen molar-refractivity contribution >= 4 is 11.8 Å². The molecule has 0 radical (unpaired) electrons. The summed E-state index contributed by atoms with van der Waals surface area (Å²) in [5.74, 6) is 0.799. The zero-order valence-corrected chi connectivity index (χ0v) is 20.1. The Balaban J connectivity index is 1.88. The number of esters is 1. The number of ketones is 1. The van der Waals surface area contributed by atoms with Gasteiger partial charge in [-0.25, -0.2) is 0 Å². The fourth-order valence-electron chi connectivity index (χ4n) is 7.12. The second kappa shape index (κ2) is 7.33. The molecule has 5 atom stereocenters. The van der Waals surface area contributed by atoms with E-state index in [0.29, 0.717) is 19.4 Å². The largest absolute Gasteiger partial charge is 0.497 e. The van der Waals surface area contributed by atoms with E-state index in [2.05, 4.69) is 37.9 Å². The van der Waals surface area contributed by atoms with Gasteiger partial charge in [0.25, 0.3) is 0 Å². The molecule has 3 unspecified atom stereocenters. The minimum atomic E-state index is -1.09. The Hall–Kier alpha value is -1.88. The monoisotopic (exact) mass is 427 g/mol.